The van der Waals surface area contributed by atoms with Crippen LogP contribution in [0.15, 0.2) is 0 Å². The zero-order valence-electron chi connectivity index (χ0n) is 10.7. The van der Waals surface area contributed by atoms with Crippen molar-refractivity contribution in [2.75, 3.05) is 19.6 Å². The summed E-state index contributed by atoms with van der Waals surface area (Å²) in [4.78, 5) is 0. The van der Waals surface area contributed by atoms with E-state index < -0.39 is 0 Å². The average Bonchev–Trinajstić information content (AvgIpc) is 2.98. The van der Waals surface area contributed by atoms with Gasteiger partial charge in [0.05, 0.1) is 0 Å². The predicted molar refractivity (Wildman–Crippen MR) is 67.2 cm³/mol. The molecule has 0 spiro atoms. The van der Waals surface area contributed by atoms with Crippen molar-refractivity contribution in [3.05, 3.63) is 0 Å². The topological polar surface area (TPSA) is 24.1 Å². The molecule has 0 aromatic carbocycles. The van der Waals surface area contributed by atoms with E-state index in [1.54, 1.807) is 0 Å². The summed E-state index contributed by atoms with van der Waals surface area (Å²) in [6.07, 6.45) is 6.88. The van der Waals surface area contributed by atoms with Gasteiger partial charge in [0.2, 0.25) is 0 Å². The highest BCUT2D eigenvalue weighted by molar-refractivity contribution is 4.94. The van der Waals surface area contributed by atoms with Crippen molar-refractivity contribution in [2.45, 2.75) is 58.9 Å². The molecule has 0 amide bonds. The zero-order chi connectivity index (χ0) is 11.1. The highest BCUT2D eigenvalue weighted by atomic mass is 15.0. The maximum Gasteiger partial charge on any atom is 0.00792 e. The van der Waals surface area contributed by atoms with E-state index in [1.807, 2.05) is 0 Å². The predicted octanol–water partition coefficient (Wildman–Crippen LogP) is 2.54. The summed E-state index contributed by atoms with van der Waals surface area (Å²) in [6.45, 7) is 10.2. The van der Waals surface area contributed by atoms with Crippen LogP contribution in [0, 0.1) is 5.41 Å². The van der Waals surface area contributed by atoms with Gasteiger partial charge in [-0.2, -0.15) is 0 Å². The molecule has 1 unspecified atom stereocenters. The Labute approximate surface area is 95.2 Å². The number of hydrogen-bond acceptors (Lipinski definition) is 2. The molecule has 0 aromatic rings. The monoisotopic (exact) mass is 212 g/mol. The first-order chi connectivity index (χ1) is 7.22. The SMILES string of the molecule is CCCC1(CNCCNC(C)CC)CC1. The Morgan fingerprint density at radius 2 is 1.93 bits per heavy atom. The van der Waals surface area contributed by atoms with E-state index >= 15 is 0 Å². The van der Waals surface area contributed by atoms with Gasteiger partial charge in [0, 0.05) is 25.7 Å². The van der Waals surface area contributed by atoms with Gasteiger partial charge < -0.3 is 10.6 Å². The van der Waals surface area contributed by atoms with E-state index in [0.29, 0.717) is 11.5 Å². The third-order valence-electron chi connectivity index (χ3n) is 3.64. The van der Waals surface area contributed by atoms with Crippen molar-refractivity contribution in [3.63, 3.8) is 0 Å². The van der Waals surface area contributed by atoms with Crippen LogP contribution in [-0.2, 0) is 0 Å². The van der Waals surface area contributed by atoms with E-state index in [1.165, 1.54) is 38.6 Å². The number of nitrogens with one attached hydrogen (secondary N) is 2. The van der Waals surface area contributed by atoms with E-state index in [2.05, 4.69) is 31.4 Å². The summed E-state index contributed by atoms with van der Waals surface area (Å²) in [7, 11) is 0. The van der Waals surface area contributed by atoms with Crippen LogP contribution >= 0.6 is 0 Å². The Morgan fingerprint density at radius 3 is 2.47 bits per heavy atom. The minimum Gasteiger partial charge on any atom is -0.315 e. The molecule has 2 nitrogen and oxygen atoms in total. The molecule has 2 N–H and O–H groups in total. The van der Waals surface area contributed by atoms with Crippen LogP contribution in [0.25, 0.3) is 0 Å². The molecule has 0 aromatic heterocycles. The Bertz CT molecular complexity index is 164. The van der Waals surface area contributed by atoms with Gasteiger partial charge in [-0.1, -0.05) is 20.3 Å². The summed E-state index contributed by atoms with van der Waals surface area (Å²) in [5, 5.41) is 7.10. The van der Waals surface area contributed by atoms with Crippen LogP contribution < -0.4 is 10.6 Å². The Balaban J connectivity index is 1.93. The van der Waals surface area contributed by atoms with Crippen molar-refractivity contribution < 1.29 is 0 Å². The molecule has 90 valence electrons. The standard InChI is InChI=1S/C13H28N2/c1-4-6-13(7-8-13)11-14-9-10-15-12(3)5-2/h12,14-15H,4-11H2,1-3H3. The number of rotatable bonds is 9. The van der Waals surface area contributed by atoms with Gasteiger partial charge in [0.15, 0.2) is 0 Å². The van der Waals surface area contributed by atoms with Gasteiger partial charge >= 0.3 is 0 Å². The van der Waals surface area contributed by atoms with Crippen LogP contribution in [0.2, 0.25) is 0 Å². The zero-order valence-corrected chi connectivity index (χ0v) is 10.7. The summed E-state index contributed by atoms with van der Waals surface area (Å²) in [5.74, 6) is 0. The van der Waals surface area contributed by atoms with Gasteiger partial charge in [0.25, 0.3) is 0 Å². The minimum atomic E-state index is 0.664. The maximum absolute atomic E-state index is 3.59. The summed E-state index contributed by atoms with van der Waals surface area (Å²) in [6, 6.07) is 0.664. The molecule has 0 aliphatic heterocycles. The molecule has 0 bridgehead atoms. The molecule has 2 heteroatoms. The summed E-state index contributed by atoms with van der Waals surface area (Å²) < 4.78 is 0. The van der Waals surface area contributed by atoms with Crippen molar-refractivity contribution >= 4 is 0 Å². The molecule has 1 saturated carbocycles. The minimum absolute atomic E-state index is 0.664. The van der Waals surface area contributed by atoms with Crippen LogP contribution in [0.3, 0.4) is 0 Å². The Hall–Kier alpha value is -0.0800. The molecule has 0 heterocycles. The van der Waals surface area contributed by atoms with E-state index in [4.69, 9.17) is 0 Å². The first kappa shape index (κ1) is 13.0. The highest BCUT2D eigenvalue weighted by Gasteiger charge is 2.40. The molecule has 1 atom stereocenters. The molecule has 1 fully saturated rings. The molecule has 15 heavy (non-hydrogen) atoms. The summed E-state index contributed by atoms with van der Waals surface area (Å²) >= 11 is 0. The lowest BCUT2D eigenvalue weighted by molar-refractivity contribution is 0.414. The fourth-order valence-corrected chi connectivity index (χ4v) is 2.13. The molecular weight excluding hydrogens is 184 g/mol. The van der Waals surface area contributed by atoms with E-state index in [-0.39, 0.29) is 0 Å². The second-order valence-corrected chi connectivity index (χ2v) is 5.19. The Kier molecular flexibility index (Phi) is 5.62. The number of hydrogen-bond donors (Lipinski definition) is 2. The fourth-order valence-electron chi connectivity index (χ4n) is 2.13. The quantitative estimate of drug-likeness (QED) is 0.574. The van der Waals surface area contributed by atoms with Gasteiger partial charge in [-0.3, -0.25) is 0 Å². The summed E-state index contributed by atoms with van der Waals surface area (Å²) in [5.41, 5.74) is 0.700. The van der Waals surface area contributed by atoms with Crippen molar-refractivity contribution in [1.29, 1.82) is 0 Å². The molecule has 0 saturated heterocycles. The molecule has 1 rings (SSSR count). The molecule has 1 aliphatic rings. The van der Waals surface area contributed by atoms with Gasteiger partial charge in [-0.05, 0) is 38.0 Å². The normalized spacial score (nSPS) is 20.2. The lowest BCUT2D eigenvalue weighted by atomic mass is 10.0. The Morgan fingerprint density at radius 1 is 1.20 bits per heavy atom. The first-order valence-electron chi connectivity index (χ1n) is 6.66. The second kappa shape index (κ2) is 6.49. The van der Waals surface area contributed by atoms with Crippen LogP contribution in [-0.4, -0.2) is 25.7 Å². The van der Waals surface area contributed by atoms with E-state index in [9.17, 15) is 0 Å². The van der Waals surface area contributed by atoms with Crippen LogP contribution in [0.5, 0.6) is 0 Å². The molecule has 1 aliphatic carbocycles. The van der Waals surface area contributed by atoms with Gasteiger partial charge in [0.1, 0.15) is 0 Å². The molecule has 0 radical (unpaired) electrons. The van der Waals surface area contributed by atoms with Crippen LogP contribution in [0.4, 0.5) is 0 Å². The van der Waals surface area contributed by atoms with Gasteiger partial charge in [-0.25, -0.2) is 0 Å². The fraction of sp³-hybridized carbons (Fsp3) is 1.00. The van der Waals surface area contributed by atoms with Gasteiger partial charge in [-0.15, -0.1) is 0 Å². The maximum atomic E-state index is 3.59. The third kappa shape index (κ3) is 4.98. The molecular formula is C13H28N2. The highest BCUT2D eigenvalue weighted by Crippen LogP contribution is 2.48. The first-order valence-corrected chi connectivity index (χ1v) is 6.66. The van der Waals surface area contributed by atoms with Crippen LogP contribution in [0.1, 0.15) is 52.9 Å². The smallest absolute Gasteiger partial charge is 0.00792 e. The van der Waals surface area contributed by atoms with E-state index in [0.717, 1.165) is 13.1 Å². The lowest BCUT2D eigenvalue weighted by Gasteiger charge is -2.16. The van der Waals surface area contributed by atoms with Crippen molar-refractivity contribution in [3.8, 4) is 0 Å². The largest absolute Gasteiger partial charge is 0.315 e. The third-order valence-corrected chi connectivity index (χ3v) is 3.64. The average molecular weight is 212 g/mol. The lowest BCUT2D eigenvalue weighted by Crippen LogP contribution is -2.35. The van der Waals surface area contributed by atoms with Crippen molar-refractivity contribution in [1.82, 2.24) is 10.6 Å². The second-order valence-electron chi connectivity index (χ2n) is 5.19. The van der Waals surface area contributed by atoms with Crippen molar-refractivity contribution in [2.24, 2.45) is 5.41 Å².